The highest BCUT2D eigenvalue weighted by atomic mass is 32.1. The smallest absolute Gasteiger partial charge is 0.118 e. The molecule has 0 bridgehead atoms. The molecule has 0 aliphatic rings. The van der Waals surface area contributed by atoms with Crippen molar-refractivity contribution >= 4 is 11.3 Å². The van der Waals surface area contributed by atoms with E-state index in [4.69, 9.17) is 10.6 Å². The van der Waals surface area contributed by atoms with Crippen LogP contribution in [0, 0.1) is 0 Å². The number of nitrogens with two attached hydrogens (primary N) is 1. The third-order valence-electron chi connectivity index (χ3n) is 3.19. The number of nitrogens with one attached hydrogen (secondary N) is 1. The van der Waals surface area contributed by atoms with Gasteiger partial charge in [0, 0.05) is 16.2 Å². The van der Waals surface area contributed by atoms with Gasteiger partial charge >= 0.3 is 0 Å². The summed E-state index contributed by atoms with van der Waals surface area (Å²) in [5, 5.41) is 0. The topological polar surface area (TPSA) is 47.3 Å². The number of rotatable bonds is 6. The summed E-state index contributed by atoms with van der Waals surface area (Å²) in [6.07, 6.45) is 2.00. The van der Waals surface area contributed by atoms with Gasteiger partial charge in [0.2, 0.25) is 0 Å². The molecule has 2 aromatic rings. The maximum atomic E-state index is 5.69. The summed E-state index contributed by atoms with van der Waals surface area (Å²) in [5.74, 6) is 6.55. The van der Waals surface area contributed by atoms with Crippen LogP contribution >= 0.6 is 11.3 Å². The number of hydrogen-bond donors (Lipinski definition) is 2. The average Bonchev–Trinajstić information content (AvgIpc) is 2.92. The van der Waals surface area contributed by atoms with E-state index in [-0.39, 0.29) is 6.04 Å². The summed E-state index contributed by atoms with van der Waals surface area (Å²) < 4.78 is 5.17. The Morgan fingerprint density at radius 3 is 2.37 bits per heavy atom. The predicted molar refractivity (Wildman–Crippen MR) is 80.5 cm³/mol. The monoisotopic (exact) mass is 276 g/mol. The zero-order valence-electron chi connectivity index (χ0n) is 11.3. The fourth-order valence-corrected chi connectivity index (χ4v) is 3.04. The maximum absolute atomic E-state index is 5.69. The molecule has 1 heterocycles. The fourth-order valence-electron chi connectivity index (χ4n) is 2.03. The van der Waals surface area contributed by atoms with Crippen molar-refractivity contribution in [3.8, 4) is 5.75 Å². The molecule has 0 aliphatic carbocycles. The summed E-state index contributed by atoms with van der Waals surface area (Å²) >= 11 is 1.86. The number of aryl methyl sites for hydroxylation is 1. The summed E-state index contributed by atoms with van der Waals surface area (Å²) in [6, 6.07) is 12.6. The second-order valence-corrected chi connectivity index (χ2v) is 5.67. The number of methoxy groups -OCH3 is 1. The van der Waals surface area contributed by atoms with Crippen molar-refractivity contribution in [2.24, 2.45) is 5.84 Å². The van der Waals surface area contributed by atoms with Gasteiger partial charge in [-0.3, -0.25) is 11.3 Å². The Kier molecular flexibility index (Phi) is 4.96. The van der Waals surface area contributed by atoms with Crippen molar-refractivity contribution in [2.75, 3.05) is 7.11 Å². The molecule has 0 saturated heterocycles. The van der Waals surface area contributed by atoms with Crippen LogP contribution in [-0.2, 0) is 12.8 Å². The largest absolute Gasteiger partial charge is 0.497 e. The third-order valence-corrected chi connectivity index (χ3v) is 4.44. The Balaban J connectivity index is 2.10. The molecular weight excluding hydrogens is 256 g/mol. The van der Waals surface area contributed by atoms with Gasteiger partial charge in [-0.25, -0.2) is 0 Å². The molecule has 1 aromatic carbocycles. The molecule has 3 nitrogen and oxygen atoms in total. The van der Waals surface area contributed by atoms with Crippen LogP contribution in [0.25, 0.3) is 0 Å². The van der Waals surface area contributed by atoms with E-state index in [9.17, 15) is 0 Å². The highest BCUT2D eigenvalue weighted by Crippen LogP contribution is 2.25. The zero-order valence-corrected chi connectivity index (χ0v) is 12.2. The first kappa shape index (κ1) is 14.1. The number of thiophene rings is 1. The quantitative estimate of drug-likeness (QED) is 0.629. The molecular formula is C15H20N2OS. The second-order valence-electron chi connectivity index (χ2n) is 4.42. The van der Waals surface area contributed by atoms with Crippen molar-refractivity contribution in [2.45, 2.75) is 25.8 Å². The van der Waals surface area contributed by atoms with Gasteiger partial charge in [0.05, 0.1) is 13.2 Å². The van der Waals surface area contributed by atoms with Crippen LogP contribution in [0.3, 0.4) is 0 Å². The summed E-state index contributed by atoms with van der Waals surface area (Å²) in [7, 11) is 1.67. The SMILES string of the molecule is CCc1ccc(CC(NN)c2ccc(OC)cc2)s1. The van der Waals surface area contributed by atoms with Crippen molar-refractivity contribution in [1.29, 1.82) is 0 Å². The Hall–Kier alpha value is -1.36. The summed E-state index contributed by atoms with van der Waals surface area (Å²) in [4.78, 5) is 2.77. The van der Waals surface area contributed by atoms with Crippen LogP contribution in [0.1, 0.15) is 28.3 Å². The van der Waals surface area contributed by atoms with Gasteiger partial charge in [-0.05, 0) is 36.2 Å². The minimum atomic E-state index is 0.134. The molecule has 1 unspecified atom stereocenters. The van der Waals surface area contributed by atoms with Gasteiger partial charge < -0.3 is 4.74 Å². The Morgan fingerprint density at radius 1 is 1.16 bits per heavy atom. The molecule has 19 heavy (non-hydrogen) atoms. The third kappa shape index (κ3) is 3.56. The molecule has 0 radical (unpaired) electrons. The number of ether oxygens (including phenoxy) is 1. The van der Waals surface area contributed by atoms with E-state index in [1.807, 2.05) is 23.5 Å². The predicted octanol–water partition coefficient (Wildman–Crippen LogP) is 3.07. The number of benzene rings is 1. The first-order chi connectivity index (χ1) is 9.26. The highest BCUT2D eigenvalue weighted by Gasteiger charge is 2.12. The molecule has 2 rings (SSSR count). The van der Waals surface area contributed by atoms with E-state index >= 15 is 0 Å². The molecule has 102 valence electrons. The Labute approximate surface area is 118 Å². The first-order valence-electron chi connectivity index (χ1n) is 6.44. The van der Waals surface area contributed by atoms with E-state index in [1.165, 1.54) is 15.3 Å². The van der Waals surface area contributed by atoms with Gasteiger partial charge in [-0.2, -0.15) is 0 Å². The fraction of sp³-hybridized carbons (Fsp3) is 0.333. The van der Waals surface area contributed by atoms with Gasteiger partial charge in [-0.1, -0.05) is 19.1 Å². The van der Waals surface area contributed by atoms with E-state index in [0.29, 0.717) is 0 Å². The van der Waals surface area contributed by atoms with Crippen LogP contribution in [0.2, 0.25) is 0 Å². The summed E-state index contributed by atoms with van der Waals surface area (Å²) in [6.45, 7) is 2.18. The van der Waals surface area contributed by atoms with Crippen molar-refractivity contribution < 1.29 is 4.74 Å². The van der Waals surface area contributed by atoms with Crippen LogP contribution in [0.4, 0.5) is 0 Å². The lowest BCUT2D eigenvalue weighted by Crippen LogP contribution is -2.29. The van der Waals surface area contributed by atoms with E-state index < -0.39 is 0 Å². The van der Waals surface area contributed by atoms with Gasteiger partial charge in [0.15, 0.2) is 0 Å². The Morgan fingerprint density at radius 2 is 1.84 bits per heavy atom. The van der Waals surface area contributed by atoms with Crippen LogP contribution < -0.4 is 16.0 Å². The van der Waals surface area contributed by atoms with E-state index in [1.54, 1.807) is 7.11 Å². The highest BCUT2D eigenvalue weighted by molar-refractivity contribution is 7.11. The molecule has 0 spiro atoms. The molecule has 0 saturated carbocycles. The minimum absolute atomic E-state index is 0.134. The second kappa shape index (κ2) is 6.70. The molecule has 1 aromatic heterocycles. The van der Waals surface area contributed by atoms with Gasteiger partial charge in [0.25, 0.3) is 0 Å². The maximum Gasteiger partial charge on any atom is 0.118 e. The minimum Gasteiger partial charge on any atom is -0.497 e. The van der Waals surface area contributed by atoms with E-state index in [0.717, 1.165) is 18.6 Å². The zero-order chi connectivity index (χ0) is 13.7. The lowest BCUT2D eigenvalue weighted by atomic mass is 10.0. The van der Waals surface area contributed by atoms with Crippen LogP contribution in [0.5, 0.6) is 5.75 Å². The van der Waals surface area contributed by atoms with Crippen LogP contribution in [-0.4, -0.2) is 7.11 Å². The molecule has 0 aliphatic heterocycles. The molecule has 0 amide bonds. The van der Waals surface area contributed by atoms with Gasteiger partial charge in [-0.15, -0.1) is 11.3 Å². The van der Waals surface area contributed by atoms with Crippen molar-refractivity contribution in [3.05, 3.63) is 51.7 Å². The Bertz CT molecular complexity index is 507. The van der Waals surface area contributed by atoms with Crippen molar-refractivity contribution in [1.82, 2.24) is 5.43 Å². The molecule has 4 heteroatoms. The first-order valence-corrected chi connectivity index (χ1v) is 7.26. The van der Waals surface area contributed by atoms with Crippen molar-refractivity contribution in [3.63, 3.8) is 0 Å². The number of hydrazine groups is 1. The lowest BCUT2D eigenvalue weighted by molar-refractivity contribution is 0.414. The molecule has 3 N–H and O–H groups in total. The summed E-state index contributed by atoms with van der Waals surface area (Å²) in [5.41, 5.74) is 4.07. The molecule has 1 atom stereocenters. The number of hydrogen-bond acceptors (Lipinski definition) is 4. The average molecular weight is 276 g/mol. The normalized spacial score (nSPS) is 12.4. The standard InChI is InChI=1S/C15H20N2OS/c1-3-13-8-9-14(19-13)10-15(17-16)11-4-6-12(18-2)7-5-11/h4-9,15,17H,3,10,16H2,1-2H3. The van der Waals surface area contributed by atoms with Gasteiger partial charge in [0.1, 0.15) is 5.75 Å². The lowest BCUT2D eigenvalue weighted by Gasteiger charge is -2.15. The van der Waals surface area contributed by atoms with E-state index in [2.05, 4.69) is 36.6 Å². The molecule has 0 fully saturated rings. The van der Waals surface area contributed by atoms with Crippen LogP contribution in [0.15, 0.2) is 36.4 Å².